The second-order valence-corrected chi connectivity index (χ2v) is 5.66. The van der Waals surface area contributed by atoms with Gasteiger partial charge in [-0.3, -0.25) is 10.1 Å². The summed E-state index contributed by atoms with van der Waals surface area (Å²) in [5.74, 6) is 0. The van der Waals surface area contributed by atoms with Gasteiger partial charge in [-0.25, -0.2) is 0 Å². The zero-order chi connectivity index (χ0) is 15.4. The van der Waals surface area contributed by atoms with Gasteiger partial charge in [0, 0.05) is 18.7 Å². The van der Waals surface area contributed by atoms with Crippen molar-refractivity contribution in [2.24, 2.45) is 0 Å². The van der Waals surface area contributed by atoms with Crippen LogP contribution in [0.5, 0.6) is 0 Å². The largest absolute Gasteiger partial charge is 0.377 e. The van der Waals surface area contributed by atoms with Crippen molar-refractivity contribution in [1.82, 2.24) is 15.0 Å². The van der Waals surface area contributed by atoms with E-state index < -0.39 is 0 Å². The topological polar surface area (TPSA) is 86.3 Å². The maximum absolute atomic E-state index is 11.3. The highest BCUT2D eigenvalue weighted by Gasteiger charge is 2.36. The van der Waals surface area contributed by atoms with Crippen LogP contribution >= 0.6 is 0 Å². The molecule has 2 aliphatic heterocycles. The lowest BCUT2D eigenvalue weighted by Crippen LogP contribution is -2.32. The van der Waals surface area contributed by atoms with Crippen LogP contribution in [0.1, 0.15) is 24.7 Å². The summed E-state index contributed by atoms with van der Waals surface area (Å²) in [6, 6.07) is 5.16. The van der Waals surface area contributed by atoms with Crippen LogP contribution in [-0.2, 0) is 4.74 Å². The molecule has 0 saturated carbocycles. The number of rotatable bonds is 2. The quantitative estimate of drug-likeness (QED) is 0.622. The highest BCUT2D eigenvalue weighted by atomic mass is 16.6. The van der Waals surface area contributed by atoms with Crippen LogP contribution in [0.3, 0.4) is 0 Å². The molecule has 1 atom stereocenters. The molecule has 0 N–H and O–H groups in total. The molecular weight excluding hydrogens is 286 g/mol. The summed E-state index contributed by atoms with van der Waals surface area (Å²) in [6.07, 6.45) is 0. The molecule has 1 unspecified atom stereocenters. The number of nitro groups is 1. The first-order valence-electron chi connectivity index (χ1n) is 7.13. The number of fused-ring (bicyclic) bond motifs is 3. The lowest BCUT2D eigenvalue weighted by molar-refractivity contribution is -0.384. The van der Waals surface area contributed by atoms with Gasteiger partial charge >= 0.3 is 0 Å². The Hall–Kier alpha value is -2.48. The van der Waals surface area contributed by atoms with Crippen LogP contribution in [0.2, 0.25) is 0 Å². The summed E-state index contributed by atoms with van der Waals surface area (Å²) >= 11 is 0. The number of hydrogen-bond donors (Lipinski definition) is 0. The molecule has 4 rings (SSSR count). The highest BCUT2D eigenvalue weighted by Crippen LogP contribution is 2.46. The molecule has 8 heteroatoms. The van der Waals surface area contributed by atoms with Crippen molar-refractivity contribution in [2.45, 2.75) is 19.0 Å². The van der Waals surface area contributed by atoms with Crippen LogP contribution in [0, 0.1) is 10.1 Å². The lowest BCUT2D eigenvalue weighted by atomic mass is 9.97. The van der Waals surface area contributed by atoms with Gasteiger partial charge < -0.3 is 9.64 Å². The van der Waals surface area contributed by atoms with E-state index in [9.17, 15) is 10.1 Å². The fourth-order valence-corrected chi connectivity index (χ4v) is 2.94. The monoisotopic (exact) mass is 301 g/mol. The summed E-state index contributed by atoms with van der Waals surface area (Å²) in [4.78, 5) is 14.6. The first kappa shape index (κ1) is 13.2. The number of benzene rings is 1. The molecule has 8 nitrogen and oxygen atoms in total. The van der Waals surface area contributed by atoms with E-state index in [-0.39, 0.29) is 22.7 Å². The summed E-state index contributed by atoms with van der Waals surface area (Å²) in [5, 5.41) is 20.5. The van der Waals surface area contributed by atoms with E-state index in [1.807, 2.05) is 24.9 Å². The van der Waals surface area contributed by atoms with Crippen LogP contribution < -0.4 is 4.90 Å². The summed E-state index contributed by atoms with van der Waals surface area (Å²) in [6.45, 7) is 3.20. The average Bonchev–Trinajstić information content (AvgIpc) is 2.87. The predicted molar refractivity (Wildman–Crippen MR) is 78.8 cm³/mol. The molecule has 1 fully saturated rings. The Bertz CT molecular complexity index is 768. The molecule has 22 heavy (non-hydrogen) atoms. The SMILES string of the molecule is CC1c2nn(C3COC3)nc2-c2cccc([N+](=O)[O-])c2N1C. The smallest absolute Gasteiger partial charge is 0.293 e. The minimum Gasteiger partial charge on any atom is -0.377 e. The maximum Gasteiger partial charge on any atom is 0.293 e. The molecule has 1 saturated heterocycles. The van der Waals surface area contributed by atoms with Crippen LogP contribution in [-0.4, -0.2) is 40.2 Å². The Labute approximate surface area is 126 Å². The van der Waals surface area contributed by atoms with E-state index in [2.05, 4.69) is 10.2 Å². The number of nitro benzene ring substituents is 1. The van der Waals surface area contributed by atoms with E-state index in [4.69, 9.17) is 4.74 Å². The van der Waals surface area contributed by atoms with Gasteiger partial charge in [0.1, 0.15) is 23.1 Å². The normalized spacial score (nSPS) is 20.3. The molecule has 1 aromatic heterocycles. The van der Waals surface area contributed by atoms with E-state index >= 15 is 0 Å². The average molecular weight is 301 g/mol. The fourth-order valence-electron chi connectivity index (χ4n) is 2.94. The molecule has 0 amide bonds. The third kappa shape index (κ3) is 1.67. The van der Waals surface area contributed by atoms with E-state index in [1.165, 1.54) is 6.07 Å². The van der Waals surface area contributed by atoms with Crippen molar-refractivity contribution in [1.29, 1.82) is 0 Å². The number of aromatic nitrogens is 3. The Morgan fingerprint density at radius 1 is 1.36 bits per heavy atom. The van der Waals surface area contributed by atoms with Gasteiger partial charge in [0.15, 0.2) is 0 Å². The van der Waals surface area contributed by atoms with Crippen LogP contribution in [0.25, 0.3) is 11.3 Å². The van der Waals surface area contributed by atoms with Gasteiger partial charge in [0.2, 0.25) is 0 Å². The van der Waals surface area contributed by atoms with Crippen LogP contribution in [0.15, 0.2) is 18.2 Å². The molecule has 2 aromatic rings. The number of para-hydroxylation sites is 1. The standard InChI is InChI=1S/C14H15N5O3/c1-8-12-13(16-18(15-12)9-6-22-7-9)10-4-3-5-11(19(20)21)14(10)17(8)2/h3-5,8-9H,6-7H2,1-2H3. The predicted octanol–water partition coefficient (Wildman–Crippen LogP) is 1.94. The van der Waals surface area contributed by atoms with Gasteiger partial charge in [-0.05, 0) is 6.92 Å². The summed E-state index contributed by atoms with van der Waals surface area (Å²) in [5.41, 5.74) is 3.04. The lowest BCUT2D eigenvalue weighted by Gasteiger charge is -2.31. The maximum atomic E-state index is 11.3. The molecule has 2 aliphatic rings. The number of hydrogen-bond acceptors (Lipinski definition) is 6. The van der Waals surface area contributed by atoms with Crippen molar-refractivity contribution in [3.63, 3.8) is 0 Å². The van der Waals surface area contributed by atoms with Gasteiger partial charge in [-0.15, -0.1) is 0 Å². The van der Waals surface area contributed by atoms with E-state index in [0.717, 1.165) is 17.0 Å². The van der Waals surface area contributed by atoms with Crippen LogP contribution in [0.4, 0.5) is 11.4 Å². The third-order valence-electron chi connectivity index (χ3n) is 4.40. The third-order valence-corrected chi connectivity index (χ3v) is 4.40. The minimum absolute atomic E-state index is 0.0710. The molecular formula is C14H15N5O3. The Morgan fingerprint density at radius 3 is 2.77 bits per heavy atom. The molecule has 0 bridgehead atoms. The van der Waals surface area contributed by atoms with Crippen molar-refractivity contribution >= 4 is 11.4 Å². The number of nitrogens with zero attached hydrogens (tertiary/aromatic N) is 5. The van der Waals surface area contributed by atoms with Gasteiger partial charge in [-0.1, -0.05) is 12.1 Å². The summed E-state index contributed by atoms with van der Waals surface area (Å²) < 4.78 is 5.19. The molecule has 3 heterocycles. The van der Waals surface area contributed by atoms with Crippen molar-refractivity contribution in [3.05, 3.63) is 34.0 Å². The molecule has 0 aliphatic carbocycles. The zero-order valence-corrected chi connectivity index (χ0v) is 12.3. The fraction of sp³-hybridized carbons (Fsp3) is 0.429. The second kappa shape index (κ2) is 4.51. The zero-order valence-electron chi connectivity index (χ0n) is 12.3. The van der Waals surface area contributed by atoms with Gasteiger partial charge in [0.05, 0.1) is 24.2 Å². The Morgan fingerprint density at radius 2 is 2.14 bits per heavy atom. The Kier molecular flexibility index (Phi) is 2.70. The van der Waals surface area contributed by atoms with Crippen molar-refractivity contribution in [2.75, 3.05) is 25.2 Å². The molecule has 1 aromatic carbocycles. The second-order valence-electron chi connectivity index (χ2n) is 5.66. The number of ether oxygens (including phenoxy) is 1. The molecule has 0 radical (unpaired) electrons. The first-order chi connectivity index (χ1) is 10.6. The Balaban J connectivity index is 1.92. The summed E-state index contributed by atoms with van der Waals surface area (Å²) in [7, 11) is 1.85. The van der Waals surface area contributed by atoms with Gasteiger partial charge in [0.25, 0.3) is 5.69 Å². The van der Waals surface area contributed by atoms with Crippen molar-refractivity contribution < 1.29 is 9.66 Å². The molecule has 114 valence electrons. The molecule has 0 spiro atoms. The van der Waals surface area contributed by atoms with E-state index in [0.29, 0.717) is 18.9 Å². The highest BCUT2D eigenvalue weighted by molar-refractivity contribution is 5.87. The first-order valence-corrected chi connectivity index (χ1v) is 7.13. The van der Waals surface area contributed by atoms with Gasteiger partial charge in [-0.2, -0.15) is 15.0 Å². The minimum atomic E-state index is -0.350. The number of anilines is 1. The van der Waals surface area contributed by atoms with Crippen molar-refractivity contribution in [3.8, 4) is 11.3 Å². The van der Waals surface area contributed by atoms with E-state index in [1.54, 1.807) is 10.9 Å².